The molecule has 9 heteroatoms. The van der Waals surface area contributed by atoms with E-state index in [4.69, 9.17) is 9.97 Å². The number of fused-ring (bicyclic) bond motifs is 1. The number of anilines is 1. The van der Waals surface area contributed by atoms with Crippen molar-refractivity contribution < 1.29 is 9.59 Å². The zero-order valence-electron chi connectivity index (χ0n) is 18.0. The number of rotatable bonds is 3. The molecule has 2 aliphatic rings. The molecule has 0 aromatic carbocycles. The van der Waals surface area contributed by atoms with Crippen LogP contribution < -0.4 is 5.32 Å². The van der Waals surface area contributed by atoms with Crippen LogP contribution in [0.3, 0.4) is 0 Å². The average molecular weight is 429 g/mol. The molecule has 4 heterocycles. The Morgan fingerprint density at radius 1 is 1.13 bits per heavy atom. The molecule has 4 rings (SSSR count). The summed E-state index contributed by atoms with van der Waals surface area (Å²) >= 11 is 1.45. The second-order valence-electron chi connectivity index (χ2n) is 7.95. The van der Waals surface area contributed by atoms with Crippen molar-refractivity contribution >= 4 is 29.0 Å². The van der Waals surface area contributed by atoms with Gasteiger partial charge in [-0.2, -0.15) is 0 Å². The van der Waals surface area contributed by atoms with Crippen molar-refractivity contribution in [3.63, 3.8) is 0 Å². The molecular formula is C21H28N6O2S. The lowest BCUT2D eigenvalue weighted by Gasteiger charge is -2.36. The molecule has 1 saturated heterocycles. The highest BCUT2D eigenvalue weighted by Crippen LogP contribution is 2.34. The highest BCUT2D eigenvalue weighted by Gasteiger charge is 2.34. The van der Waals surface area contributed by atoms with Gasteiger partial charge in [-0.3, -0.25) is 9.59 Å². The van der Waals surface area contributed by atoms with Crippen LogP contribution in [0.25, 0.3) is 0 Å². The first-order chi connectivity index (χ1) is 14.4. The first-order valence-corrected chi connectivity index (χ1v) is 11.3. The van der Waals surface area contributed by atoms with Crippen LogP contribution in [0, 0.1) is 13.8 Å². The van der Waals surface area contributed by atoms with E-state index in [1.807, 2.05) is 30.7 Å². The molecule has 2 amide bonds. The first-order valence-electron chi connectivity index (χ1n) is 10.5. The minimum atomic E-state index is -0.168. The van der Waals surface area contributed by atoms with Gasteiger partial charge in [0, 0.05) is 32.6 Å². The summed E-state index contributed by atoms with van der Waals surface area (Å²) in [5.74, 6) is 1.54. The third-order valence-corrected chi connectivity index (χ3v) is 6.98. The Hall–Kier alpha value is -2.55. The molecule has 0 spiro atoms. The maximum atomic E-state index is 13.4. The SMILES string of the molecule is CNc1nc([C@@H]2CCCCN2C(=O)c2sc(C)nc2C)nc2c1CCN(C(C)=O)C2. The van der Waals surface area contributed by atoms with Gasteiger partial charge in [0.2, 0.25) is 5.91 Å². The van der Waals surface area contributed by atoms with Crippen LogP contribution in [-0.2, 0) is 17.8 Å². The number of nitrogens with one attached hydrogen (secondary N) is 1. The second kappa shape index (κ2) is 8.29. The maximum Gasteiger partial charge on any atom is 0.266 e. The number of piperidine rings is 1. The largest absolute Gasteiger partial charge is 0.373 e. The quantitative estimate of drug-likeness (QED) is 0.808. The summed E-state index contributed by atoms with van der Waals surface area (Å²) in [6.45, 7) is 7.26. The summed E-state index contributed by atoms with van der Waals surface area (Å²) in [7, 11) is 1.86. The Balaban J connectivity index is 1.70. The Bertz CT molecular complexity index is 988. The fraction of sp³-hybridized carbons (Fsp3) is 0.571. The van der Waals surface area contributed by atoms with E-state index in [0.717, 1.165) is 53.5 Å². The molecule has 0 aliphatic carbocycles. The summed E-state index contributed by atoms with van der Waals surface area (Å²) in [4.78, 5) is 43.8. The van der Waals surface area contributed by atoms with Crippen molar-refractivity contribution in [2.75, 3.05) is 25.5 Å². The van der Waals surface area contributed by atoms with E-state index < -0.39 is 0 Å². The van der Waals surface area contributed by atoms with Crippen molar-refractivity contribution in [1.29, 1.82) is 0 Å². The normalized spacial score (nSPS) is 18.9. The molecule has 8 nitrogen and oxygen atoms in total. The molecule has 0 bridgehead atoms. The van der Waals surface area contributed by atoms with Crippen molar-refractivity contribution in [1.82, 2.24) is 24.8 Å². The molecule has 1 N–H and O–H groups in total. The van der Waals surface area contributed by atoms with E-state index in [9.17, 15) is 9.59 Å². The molecule has 1 fully saturated rings. The van der Waals surface area contributed by atoms with E-state index in [2.05, 4.69) is 10.3 Å². The van der Waals surface area contributed by atoms with Crippen molar-refractivity contribution in [3.05, 3.63) is 32.7 Å². The van der Waals surface area contributed by atoms with Gasteiger partial charge < -0.3 is 15.1 Å². The van der Waals surface area contributed by atoms with Crippen molar-refractivity contribution in [2.45, 2.75) is 59.0 Å². The lowest BCUT2D eigenvalue weighted by Crippen LogP contribution is -2.40. The molecule has 160 valence electrons. The van der Waals surface area contributed by atoms with Gasteiger partial charge in [0.05, 0.1) is 29.0 Å². The number of hydrogen-bond acceptors (Lipinski definition) is 7. The van der Waals surface area contributed by atoms with Crippen LogP contribution in [0.5, 0.6) is 0 Å². The summed E-state index contributed by atoms with van der Waals surface area (Å²) in [5.41, 5.74) is 2.74. The Morgan fingerprint density at radius 2 is 1.93 bits per heavy atom. The predicted octanol–water partition coefficient (Wildman–Crippen LogP) is 2.86. The summed E-state index contributed by atoms with van der Waals surface area (Å²) in [6.07, 6.45) is 3.57. The van der Waals surface area contributed by atoms with Gasteiger partial charge >= 0.3 is 0 Å². The summed E-state index contributed by atoms with van der Waals surface area (Å²) < 4.78 is 0. The second-order valence-corrected chi connectivity index (χ2v) is 9.16. The minimum absolute atomic E-state index is 0.0143. The molecule has 2 aliphatic heterocycles. The van der Waals surface area contributed by atoms with E-state index in [1.165, 1.54) is 11.3 Å². The van der Waals surface area contributed by atoms with Gasteiger partial charge in [0.15, 0.2) is 5.82 Å². The van der Waals surface area contributed by atoms with Gasteiger partial charge in [0.25, 0.3) is 5.91 Å². The minimum Gasteiger partial charge on any atom is -0.373 e. The van der Waals surface area contributed by atoms with Gasteiger partial charge in [0.1, 0.15) is 10.7 Å². The molecular weight excluding hydrogens is 400 g/mol. The van der Waals surface area contributed by atoms with Crippen molar-refractivity contribution in [3.8, 4) is 0 Å². The topological polar surface area (TPSA) is 91.3 Å². The number of likely N-dealkylation sites (tertiary alicyclic amines) is 1. The van der Waals surface area contributed by atoms with E-state index >= 15 is 0 Å². The Morgan fingerprint density at radius 3 is 2.60 bits per heavy atom. The van der Waals surface area contributed by atoms with Gasteiger partial charge in [-0.1, -0.05) is 0 Å². The van der Waals surface area contributed by atoms with Crippen molar-refractivity contribution in [2.24, 2.45) is 0 Å². The number of aryl methyl sites for hydroxylation is 2. The van der Waals surface area contributed by atoms with Gasteiger partial charge in [-0.05, 0) is 39.5 Å². The summed E-state index contributed by atoms with van der Waals surface area (Å²) in [6, 6.07) is -0.168. The number of aromatic nitrogens is 3. The molecule has 0 saturated carbocycles. The Labute approximate surface area is 180 Å². The maximum absolute atomic E-state index is 13.4. The number of carbonyl (C=O) groups excluding carboxylic acids is 2. The molecule has 0 unspecified atom stereocenters. The fourth-order valence-corrected chi connectivity index (χ4v) is 5.25. The highest BCUT2D eigenvalue weighted by molar-refractivity contribution is 7.13. The zero-order chi connectivity index (χ0) is 21.4. The van der Waals surface area contributed by atoms with Gasteiger partial charge in [-0.15, -0.1) is 11.3 Å². The molecule has 2 aromatic heterocycles. The molecule has 1 atom stereocenters. The monoisotopic (exact) mass is 428 g/mol. The number of carbonyl (C=O) groups is 2. The standard InChI is InChI=1S/C21H28N6O2S/c1-12-18(30-13(2)23-12)21(29)27-9-6-5-7-17(27)20-24-16-11-26(14(3)28)10-8-15(16)19(22-4)25-20/h17H,5-11H2,1-4H3,(H,22,24,25)/t17-/m0/s1. The zero-order valence-corrected chi connectivity index (χ0v) is 18.8. The van der Waals surface area contributed by atoms with Crippen LogP contribution in [-0.4, -0.2) is 56.7 Å². The smallest absolute Gasteiger partial charge is 0.266 e. The van der Waals surface area contributed by atoms with Crippen LogP contribution in [0.15, 0.2) is 0 Å². The predicted molar refractivity (Wildman–Crippen MR) is 116 cm³/mol. The highest BCUT2D eigenvalue weighted by atomic mass is 32.1. The number of amides is 2. The van der Waals surface area contributed by atoms with E-state index in [0.29, 0.717) is 30.3 Å². The lowest BCUT2D eigenvalue weighted by molar-refractivity contribution is -0.129. The molecule has 0 radical (unpaired) electrons. The van der Waals surface area contributed by atoms with Crippen LogP contribution in [0.2, 0.25) is 0 Å². The average Bonchev–Trinajstić information content (AvgIpc) is 3.09. The number of nitrogens with zero attached hydrogens (tertiary/aromatic N) is 5. The summed E-state index contributed by atoms with van der Waals surface area (Å²) in [5, 5.41) is 4.10. The Kier molecular flexibility index (Phi) is 5.73. The van der Waals surface area contributed by atoms with Gasteiger partial charge in [-0.25, -0.2) is 15.0 Å². The third-order valence-electron chi connectivity index (χ3n) is 5.92. The lowest BCUT2D eigenvalue weighted by atomic mass is 9.99. The van der Waals surface area contributed by atoms with E-state index in [-0.39, 0.29) is 17.9 Å². The van der Waals surface area contributed by atoms with Crippen LogP contribution in [0.1, 0.15) is 69.7 Å². The fourth-order valence-electron chi connectivity index (χ4n) is 4.38. The first kappa shape index (κ1) is 20.7. The number of hydrogen-bond donors (Lipinski definition) is 1. The number of thiazole rings is 1. The molecule has 30 heavy (non-hydrogen) atoms. The van der Waals surface area contributed by atoms with Crippen LogP contribution in [0.4, 0.5) is 5.82 Å². The molecule has 2 aromatic rings. The van der Waals surface area contributed by atoms with Crippen LogP contribution >= 0.6 is 11.3 Å². The third kappa shape index (κ3) is 3.78. The van der Waals surface area contributed by atoms with E-state index in [1.54, 1.807) is 6.92 Å².